The van der Waals surface area contributed by atoms with Gasteiger partial charge in [0.2, 0.25) is 0 Å². The summed E-state index contributed by atoms with van der Waals surface area (Å²) in [5.41, 5.74) is 2.80. The number of ether oxygens (including phenoxy) is 2. The van der Waals surface area contributed by atoms with Gasteiger partial charge in [-0.2, -0.15) is 0 Å². The largest absolute Gasteiger partial charge is 0.497 e. The Morgan fingerprint density at radius 2 is 1.96 bits per heavy atom. The van der Waals surface area contributed by atoms with Gasteiger partial charge in [-0.25, -0.2) is 4.39 Å². The van der Waals surface area contributed by atoms with Gasteiger partial charge in [0.05, 0.1) is 25.9 Å². The number of aliphatic hydroxyl groups excluding tert-OH is 2. The normalized spacial score (nSPS) is 25.9. The Morgan fingerprint density at radius 1 is 1.23 bits per heavy atom. The molecule has 2 N–H and O–H groups in total. The first kappa shape index (κ1) is 19.1. The molecule has 0 saturated carbocycles. The number of hydrogen-bond donors (Lipinski definition) is 2. The minimum Gasteiger partial charge on any atom is -0.497 e. The highest BCUT2D eigenvalue weighted by molar-refractivity contribution is 6.31. The quantitative estimate of drug-likeness (QED) is 0.834. The Kier molecular flexibility index (Phi) is 6.14. The lowest BCUT2D eigenvalue weighted by Crippen LogP contribution is -2.44. The van der Waals surface area contributed by atoms with Crippen LogP contribution in [0.2, 0.25) is 5.02 Å². The Hall–Kier alpha value is -1.66. The minimum absolute atomic E-state index is 0.140. The number of rotatable bonds is 5. The molecule has 26 heavy (non-hydrogen) atoms. The van der Waals surface area contributed by atoms with Crippen molar-refractivity contribution in [2.24, 2.45) is 0 Å². The second kappa shape index (κ2) is 8.35. The van der Waals surface area contributed by atoms with Crippen molar-refractivity contribution in [2.75, 3.05) is 13.7 Å². The molecule has 0 spiro atoms. The molecule has 1 saturated heterocycles. The molecule has 1 fully saturated rings. The van der Waals surface area contributed by atoms with Gasteiger partial charge >= 0.3 is 0 Å². The van der Waals surface area contributed by atoms with Gasteiger partial charge in [0, 0.05) is 11.4 Å². The zero-order chi connectivity index (χ0) is 18.7. The molecule has 2 aromatic carbocycles. The Bertz CT molecular complexity index is 737. The summed E-state index contributed by atoms with van der Waals surface area (Å²) in [7, 11) is 1.62. The van der Waals surface area contributed by atoms with Crippen LogP contribution < -0.4 is 4.74 Å². The number of halogens is 2. The number of aliphatic hydroxyl groups is 2. The van der Waals surface area contributed by atoms with Gasteiger partial charge in [0.25, 0.3) is 0 Å². The van der Waals surface area contributed by atoms with Crippen molar-refractivity contribution in [3.63, 3.8) is 0 Å². The lowest BCUT2D eigenvalue weighted by Gasteiger charge is -2.35. The van der Waals surface area contributed by atoms with Crippen LogP contribution in [0.3, 0.4) is 0 Å². The molecular weight excluding hydrogens is 359 g/mol. The molecule has 2 aromatic rings. The summed E-state index contributed by atoms with van der Waals surface area (Å²) >= 11 is 6.34. The summed E-state index contributed by atoms with van der Waals surface area (Å²) in [5, 5.41) is 19.8. The van der Waals surface area contributed by atoms with Crippen molar-refractivity contribution < 1.29 is 24.1 Å². The van der Waals surface area contributed by atoms with E-state index in [1.165, 1.54) is 0 Å². The molecule has 1 heterocycles. The maximum absolute atomic E-state index is 13.9. The van der Waals surface area contributed by atoms with Crippen LogP contribution in [0.15, 0.2) is 42.5 Å². The van der Waals surface area contributed by atoms with Crippen LogP contribution in [0.5, 0.6) is 5.75 Å². The molecular formula is C20H22ClFO4. The Balaban J connectivity index is 1.80. The molecule has 6 heteroatoms. The van der Waals surface area contributed by atoms with Gasteiger partial charge in [-0.3, -0.25) is 0 Å². The fourth-order valence-corrected chi connectivity index (χ4v) is 3.38. The third-order valence-electron chi connectivity index (χ3n) is 4.69. The smallest absolute Gasteiger partial charge is 0.154 e. The van der Waals surface area contributed by atoms with E-state index in [4.69, 9.17) is 21.1 Å². The maximum Gasteiger partial charge on any atom is 0.154 e. The van der Waals surface area contributed by atoms with Crippen molar-refractivity contribution in [3.05, 3.63) is 64.2 Å². The Morgan fingerprint density at radius 3 is 2.62 bits per heavy atom. The van der Waals surface area contributed by atoms with E-state index >= 15 is 0 Å². The van der Waals surface area contributed by atoms with E-state index < -0.39 is 31.1 Å². The Labute approximate surface area is 157 Å². The zero-order valence-electron chi connectivity index (χ0n) is 14.4. The second-order valence-corrected chi connectivity index (χ2v) is 6.88. The summed E-state index contributed by atoms with van der Waals surface area (Å²) in [4.78, 5) is 0. The summed E-state index contributed by atoms with van der Waals surface area (Å²) in [6, 6.07) is 13.2. The molecule has 0 aliphatic carbocycles. The number of benzene rings is 2. The molecule has 1 aliphatic heterocycles. The van der Waals surface area contributed by atoms with Crippen molar-refractivity contribution >= 4 is 11.6 Å². The predicted octanol–water partition coefficient (Wildman–Crippen LogP) is 3.46. The van der Waals surface area contributed by atoms with Crippen LogP contribution in [0, 0.1) is 0 Å². The van der Waals surface area contributed by atoms with E-state index in [-0.39, 0.29) is 6.42 Å². The minimum atomic E-state index is -1.58. The van der Waals surface area contributed by atoms with E-state index in [0.29, 0.717) is 11.4 Å². The van der Waals surface area contributed by atoms with Crippen LogP contribution in [0.4, 0.5) is 4.39 Å². The highest BCUT2D eigenvalue weighted by Gasteiger charge is 2.38. The average Bonchev–Trinajstić information content (AvgIpc) is 2.66. The molecule has 1 aliphatic rings. The van der Waals surface area contributed by atoms with Crippen LogP contribution in [0.25, 0.3) is 0 Å². The van der Waals surface area contributed by atoms with Crippen molar-refractivity contribution in [1.29, 1.82) is 0 Å². The summed E-state index contributed by atoms with van der Waals surface area (Å²) in [6.45, 7) is -0.471. The monoisotopic (exact) mass is 380 g/mol. The molecule has 0 bridgehead atoms. The zero-order valence-corrected chi connectivity index (χ0v) is 15.2. The molecule has 0 amide bonds. The molecule has 0 radical (unpaired) electrons. The lowest BCUT2D eigenvalue weighted by molar-refractivity contribution is -0.158. The van der Waals surface area contributed by atoms with Crippen LogP contribution in [-0.2, 0) is 11.2 Å². The van der Waals surface area contributed by atoms with Crippen molar-refractivity contribution in [1.82, 2.24) is 0 Å². The molecule has 4 nitrogen and oxygen atoms in total. The van der Waals surface area contributed by atoms with Crippen LogP contribution in [0.1, 0.15) is 29.2 Å². The molecule has 140 valence electrons. The van der Waals surface area contributed by atoms with E-state index in [1.54, 1.807) is 13.2 Å². The van der Waals surface area contributed by atoms with Gasteiger partial charge in [0.1, 0.15) is 11.9 Å². The van der Waals surface area contributed by atoms with E-state index in [0.717, 1.165) is 22.4 Å². The van der Waals surface area contributed by atoms with Crippen LogP contribution >= 0.6 is 11.6 Å². The first-order chi connectivity index (χ1) is 12.5. The average molecular weight is 381 g/mol. The molecule has 3 rings (SSSR count). The first-order valence-electron chi connectivity index (χ1n) is 8.51. The number of hydrogen-bond acceptors (Lipinski definition) is 4. The molecule has 0 aromatic heterocycles. The topological polar surface area (TPSA) is 58.9 Å². The maximum atomic E-state index is 13.9. The molecule has 4 atom stereocenters. The van der Waals surface area contributed by atoms with Gasteiger partial charge in [-0.15, -0.1) is 0 Å². The standard InChI is InChI=1S/C20H22ClFO4/c1-25-15-5-2-12(3-6-15)8-14-9-13(4-7-16(14)21)18-10-17(24)20(22)19(11-23)26-18/h2-7,9,17-20,23-24H,8,10-11H2,1H3. The third-order valence-corrected chi connectivity index (χ3v) is 5.06. The van der Waals surface area contributed by atoms with E-state index in [9.17, 15) is 14.6 Å². The third kappa shape index (κ3) is 4.18. The fourth-order valence-electron chi connectivity index (χ4n) is 3.19. The fraction of sp³-hybridized carbons (Fsp3) is 0.400. The molecule has 4 unspecified atom stereocenters. The van der Waals surface area contributed by atoms with Gasteiger partial charge in [-0.1, -0.05) is 35.9 Å². The number of methoxy groups -OCH3 is 1. The van der Waals surface area contributed by atoms with Crippen molar-refractivity contribution in [2.45, 2.75) is 37.3 Å². The summed E-state index contributed by atoms with van der Waals surface area (Å²) < 4.78 is 24.7. The SMILES string of the molecule is COc1ccc(Cc2cc(C3CC(O)C(F)C(CO)O3)ccc2Cl)cc1. The second-order valence-electron chi connectivity index (χ2n) is 6.47. The predicted molar refractivity (Wildman–Crippen MR) is 97.5 cm³/mol. The number of alkyl halides is 1. The van der Waals surface area contributed by atoms with Gasteiger partial charge in [0.15, 0.2) is 6.17 Å². The van der Waals surface area contributed by atoms with Crippen molar-refractivity contribution in [3.8, 4) is 5.75 Å². The van der Waals surface area contributed by atoms with Gasteiger partial charge < -0.3 is 19.7 Å². The van der Waals surface area contributed by atoms with E-state index in [2.05, 4.69) is 0 Å². The first-order valence-corrected chi connectivity index (χ1v) is 8.89. The summed E-state index contributed by atoms with van der Waals surface area (Å²) in [5.74, 6) is 0.786. The van der Waals surface area contributed by atoms with Crippen LogP contribution in [-0.4, -0.2) is 42.3 Å². The van der Waals surface area contributed by atoms with Gasteiger partial charge in [-0.05, 0) is 41.3 Å². The van der Waals surface area contributed by atoms with E-state index in [1.807, 2.05) is 36.4 Å². The highest BCUT2D eigenvalue weighted by Crippen LogP contribution is 2.35. The highest BCUT2D eigenvalue weighted by atomic mass is 35.5. The lowest BCUT2D eigenvalue weighted by atomic mass is 9.93. The summed E-state index contributed by atoms with van der Waals surface area (Å²) in [6.07, 6.45) is -3.48.